The zero-order valence-corrected chi connectivity index (χ0v) is 11.9. The number of para-hydroxylation sites is 1. The minimum Gasteiger partial charge on any atom is -0.507 e. The van der Waals surface area contributed by atoms with E-state index in [1.54, 1.807) is 18.2 Å². The smallest absolute Gasteiger partial charge is 0.278 e. The van der Waals surface area contributed by atoms with E-state index in [0.717, 1.165) is 5.01 Å². The van der Waals surface area contributed by atoms with Crippen LogP contribution in [0, 0.1) is 5.41 Å². The maximum Gasteiger partial charge on any atom is 0.278 e. The van der Waals surface area contributed by atoms with Gasteiger partial charge in [0, 0.05) is 23.5 Å². The Labute approximate surface area is 131 Å². The van der Waals surface area contributed by atoms with Gasteiger partial charge in [-0.1, -0.05) is 18.2 Å². The molecule has 1 aromatic heterocycles. The number of carbonyl (C=O) groups excluding carboxylic acids is 2. The number of hydrogen-bond acceptors (Lipinski definition) is 5. The van der Waals surface area contributed by atoms with Crippen molar-refractivity contribution in [2.75, 3.05) is 0 Å². The summed E-state index contributed by atoms with van der Waals surface area (Å²) in [7, 11) is 0. The Morgan fingerprint density at radius 3 is 2.61 bits per heavy atom. The van der Waals surface area contributed by atoms with E-state index in [9.17, 15) is 14.7 Å². The second-order valence-electron chi connectivity index (χ2n) is 4.78. The third-order valence-corrected chi connectivity index (χ3v) is 3.30. The van der Waals surface area contributed by atoms with Crippen LogP contribution in [0.5, 0.6) is 5.75 Å². The van der Waals surface area contributed by atoms with Gasteiger partial charge >= 0.3 is 0 Å². The fraction of sp³-hybridized carbons (Fsp3) is 0. The van der Waals surface area contributed by atoms with Crippen LogP contribution < -0.4 is 5.43 Å². The molecule has 0 spiro atoms. The predicted octanol–water partition coefficient (Wildman–Crippen LogP) is 1.34. The highest BCUT2D eigenvalue weighted by atomic mass is 16.3. The Morgan fingerprint density at radius 1 is 1.22 bits per heavy atom. The van der Waals surface area contributed by atoms with Gasteiger partial charge in [-0.25, -0.2) is 0 Å². The lowest BCUT2D eigenvalue weighted by Gasteiger charge is -2.14. The van der Waals surface area contributed by atoms with Crippen LogP contribution in [-0.2, 0) is 4.79 Å². The molecule has 23 heavy (non-hydrogen) atoms. The largest absolute Gasteiger partial charge is 0.507 e. The van der Waals surface area contributed by atoms with Gasteiger partial charge in [0.05, 0.1) is 5.57 Å². The predicted molar refractivity (Wildman–Crippen MR) is 82.4 cm³/mol. The zero-order valence-electron chi connectivity index (χ0n) is 11.9. The fourth-order valence-electron chi connectivity index (χ4n) is 2.12. The SMILES string of the molecule is N=C1/C(=C\c2ccccc2O)C(=O)NN1C(=O)c1ccncc1. The van der Waals surface area contributed by atoms with E-state index in [4.69, 9.17) is 5.41 Å². The average Bonchev–Trinajstić information content (AvgIpc) is 2.85. The van der Waals surface area contributed by atoms with Crippen molar-refractivity contribution in [2.45, 2.75) is 0 Å². The van der Waals surface area contributed by atoms with E-state index in [0.29, 0.717) is 11.1 Å². The summed E-state index contributed by atoms with van der Waals surface area (Å²) in [5.41, 5.74) is 3.03. The molecule has 3 rings (SSSR count). The Bertz CT molecular complexity index is 830. The molecule has 1 fully saturated rings. The summed E-state index contributed by atoms with van der Waals surface area (Å²) in [4.78, 5) is 28.2. The Balaban J connectivity index is 1.92. The number of hydrogen-bond donors (Lipinski definition) is 3. The van der Waals surface area contributed by atoms with E-state index < -0.39 is 11.8 Å². The molecule has 2 heterocycles. The highest BCUT2D eigenvalue weighted by Gasteiger charge is 2.35. The van der Waals surface area contributed by atoms with Gasteiger partial charge < -0.3 is 5.11 Å². The van der Waals surface area contributed by atoms with E-state index in [-0.39, 0.29) is 17.2 Å². The molecule has 0 saturated carbocycles. The molecule has 1 aliphatic rings. The van der Waals surface area contributed by atoms with Crippen LogP contribution in [0.2, 0.25) is 0 Å². The van der Waals surface area contributed by atoms with Gasteiger partial charge in [-0.15, -0.1) is 0 Å². The van der Waals surface area contributed by atoms with E-state index in [2.05, 4.69) is 10.4 Å². The number of amidine groups is 1. The Kier molecular flexibility index (Phi) is 3.60. The van der Waals surface area contributed by atoms with Crippen LogP contribution in [0.3, 0.4) is 0 Å². The third-order valence-electron chi connectivity index (χ3n) is 3.30. The van der Waals surface area contributed by atoms with Crippen molar-refractivity contribution in [1.82, 2.24) is 15.4 Å². The molecule has 0 radical (unpaired) electrons. The highest BCUT2D eigenvalue weighted by molar-refractivity contribution is 6.31. The van der Waals surface area contributed by atoms with Gasteiger partial charge in [-0.05, 0) is 24.3 Å². The number of rotatable bonds is 2. The summed E-state index contributed by atoms with van der Waals surface area (Å²) in [5.74, 6) is -1.41. The lowest BCUT2D eigenvalue weighted by molar-refractivity contribution is -0.118. The average molecular weight is 308 g/mol. The monoisotopic (exact) mass is 308 g/mol. The summed E-state index contributed by atoms with van der Waals surface area (Å²) in [6, 6.07) is 9.41. The number of pyridine rings is 1. The molecule has 114 valence electrons. The summed E-state index contributed by atoms with van der Waals surface area (Å²) in [6.45, 7) is 0. The number of amides is 2. The van der Waals surface area contributed by atoms with Crippen LogP contribution in [0.1, 0.15) is 15.9 Å². The van der Waals surface area contributed by atoms with Crippen molar-refractivity contribution >= 4 is 23.7 Å². The minimum absolute atomic E-state index is 0.00564. The Morgan fingerprint density at radius 2 is 1.91 bits per heavy atom. The first-order chi connectivity index (χ1) is 11.1. The van der Waals surface area contributed by atoms with Crippen LogP contribution in [-0.4, -0.2) is 32.7 Å². The molecule has 1 aliphatic heterocycles. The topological polar surface area (TPSA) is 106 Å². The summed E-state index contributed by atoms with van der Waals surface area (Å²) in [5, 5.41) is 18.7. The number of carbonyl (C=O) groups is 2. The van der Waals surface area contributed by atoms with Gasteiger partial charge in [0.2, 0.25) is 0 Å². The zero-order chi connectivity index (χ0) is 16.4. The van der Waals surface area contributed by atoms with Gasteiger partial charge in [0.25, 0.3) is 11.8 Å². The number of nitrogens with one attached hydrogen (secondary N) is 2. The minimum atomic E-state index is -0.583. The second kappa shape index (κ2) is 5.72. The summed E-state index contributed by atoms with van der Waals surface area (Å²) in [6.07, 6.45) is 4.27. The summed E-state index contributed by atoms with van der Waals surface area (Å²) >= 11 is 0. The second-order valence-corrected chi connectivity index (χ2v) is 4.78. The lowest BCUT2D eigenvalue weighted by Crippen LogP contribution is -2.40. The van der Waals surface area contributed by atoms with Crippen molar-refractivity contribution in [2.24, 2.45) is 0 Å². The molecule has 0 unspecified atom stereocenters. The maximum absolute atomic E-state index is 12.3. The molecule has 3 N–H and O–H groups in total. The molecular weight excluding hydrogens is 296 g/mol. The number of aromatic hydroxyl groups is 1. The normalized spacial score (nSPS) is 15.8. The van der Waals surface area contributed by atoms with Crippen molar-refractivity contribution in [1.29, 1.82) is 5.41 Å². The molecule has 2 aromatic rings. The number of nitrogens with zero attached hydrogens (tertiary/aromatic N) is 2. The van der Waals surface area contributed by atoms with Crippen molar-refractivity contribution < 1.29 is 14.7 Å². The molecule has 7 nitrogen and oxygen atoms in total. The molecule has 0 aliphatic carbocycles. The van der Waals surface area contributed by atoms with Crippen LogP contribution in [0.4, 0.5) is 0 Å². The van der Waals surface area contributed by atoms with Gasteiger partial charge in [-0.2, -0.15) is 5.01 Å². The first-order valence-corrected chi connectivity index (χ1v) is 6.72. The maximum atomic E-state index is 12.3. The van der Waals surface area contributed by atoms with Gasteiger partial charge in [-0.3, -0.25) is 25.4 Å². The molecule has 1 aromatic carbocycles. The molecule has 0 atom stereocenters. The number of hydrazine groups is 1. The standard InChI is InChI=1S/C16H12N4O3/c17-14-12(9-11-3-1-2-4-13(11)21)15(22)19-20(14)16(23)10-5-7-18-8-6-10/h1-9,17,21H,(H,19,22)/b12-9+,17-14?. The van der Waals surface area contributed by atoms with Gasteiger partial charge in [0.1, 0.15) is 5.75 Å². The molecular formula is C16H12N4O3. The van der Waals surface area contributed by atoms with Crippen LogP contribution in [0.15, 0.2) is 54.4 Å². The van der Waals surface area contributed by atoms with Crippen LogP contribution >= 0.6 is 0 Å². The Hall–Kier alpha value is -3.48. The van der Waals surface area contributed by atoms with E-state index in [1.165, 1.54) is 36.7 Å². The van der Waals surface area contributed by atoms with Crippen molar-refractivity contribution in [3.8, 4) is 5.75 Å². The van der Waals surface area contributed by atoms with Crippen molar-refractivity contribution in [3.63, 3.8) is 0 Å². The quantitative estimate of drug-likeness (QED) is 0.728. The first-order valence-electron chi connectivity index (χ1n) is 6.72. The number of phenols is 1. The molecule has 7 heteroatoms. The molecule has 1 saturated heterocycles. The number of benzene rings is 1. The van der Waals surface area contributed by atoms with Crippen LogP contribution in [0.25, 0.3) is 6.08 Å². The summed E-state index contributed by atoms with van der Waals surface area (Å²) < 4.78 is 0. The third kappa shape index (κ3) is 2.67. The molecule has 0 bridgehead atoms. The van der Waals surface area contributed by atoms with Crippen molar-refractivity contribution in [3.05, 3.63) is 65.5 Å². The first kappa shape index (κ1) is 14.5. The number of phenolic OH excluding ortho intramolecular Hbond substituents is 1. The van der Waals surface area contributed by atoms with E-state index >= 15 is 0 Å². The number of aromatic nitrogens is 1. The van der Waals surface area contributed by atoms with Gasteiger partial charge in [0.15, 0.2) is 5.84 Å². The highest BCUT2D eigenvalue weighted by Crippen LogP contribution is 2.22. The van der Waals surface area contributed by atoms with E-state index in [1.807, 2.05) is 0 Å². The molecule has 2 amide bonds. The fourth-order valence-corrected chi connectivity index (χ4v) is 2.12. The lowest BCUT2D eigenvalue weighted by atomic mass is 10.1.